The molecule has 11 nitrogen and oxygen atoms in total. The van der Waals surface area contributed by atoms with E-state index in [2.05, 4.69) is 24.4 Å². The van der Waals surface area contributed by atoms with Crippen molar-refractivity contribution in [3.63, 3.8) is 0 Å². The molecule has 2 saturated heterocycles. The van der Waals surface area contributed by atoms with E-state index in [1.54, 1.807) is 6.07 Å². The van der Waals surface area contributed by atoms with E-state index in [0.717, 1.165) is 37.1 Å². The van der Waals surface area contributed by atoms with Crippen molar-refractivity contribution in [2.45, 2.75) is 13.0 Å². The molecule has 1 atom stereocenters. The summed E-state index contributed by atoms with van der Waals surface area (Å²) < 4.78 is 2.07. The largest absolute Gasteiger partial charge is 0.364 e. The number of hydrogen-bond donors (Lipinski definition) is 1. The highest BCUT2D eigenvalue weighted by Crippen LogP contribution is 2.22. The Kier molecular flexibility index (Phi) is 6.29. The van der Waals surface area contributed by atoms with Gasteiger partial charge in [-0.05, 0) is 37.1 Å². The Hall–Kier alpha value is -4.04. The van der Waals surface area contributed by atoms with Gasteiger partial charge in [-0.15, -0.1) is 0 Å². The number of pyridine rings is 1. The number of hydrogen-bond acceptors (Lipinski definition) is 8. The molecule has 0 aromatic carbocycles. The number of amides is 2. The van der Waals surface area contributed by atoms with Gasteiger partial charge >= 0.3 is 0 Å². The second kappa shape index (κ2) is 9.68. The van der Waals surface area contributed by atoms with Crippen LogP contribution >= 0.6 is 0 Å². The molecule has 180 valence electrons. The lowest BCUT2D eigenvalue weighted by atomic mass is 10.1. The number of anilines is 1. The summed E-state index contributed by atoms with van der Waals surface area (Å²) >= 11 is 0. The van der Waals surface area contributed by atoms with Crippen LogP contribution in [0.5, 0.6) is 0 Å². The van der Waals surface area contributed by atoms with Crippen LogP contribution in [0.15, 0.2) is 36.8 Å². The first-order valence-corrected chi connectivity index (χ1v) is 11.7. The van der Waals surface area contributed by atoms with Crippen molar-refractivity contribution in [3.05, 3.63) is 48.0 Å². The topological polar surface area (TPSA) is 137 Å². The molecule has 5 rings (SSSR count). The average Bonchev–Trinajstić information content (AvgIpc) is 3.50. The van der Waals surface area contributed by atoms with Crippen LogP contribution in [-0.4, -0.2) is 86.9 Å². The maximum atomic E-state index is 12.9. The van der Waals surface area contributed by atoms with Crippen LogP contribution in [0, 0.1) is 17.2 Å². The maximum Gasteiger partial charge on any atom is 0.267 e. The third-order valence-corrected chi connectivity index (χ3v) is 6.73. The van der Waals surface area contributed by atoms with Crippen LogP contribution in [-0.2, 0) is 11.3 Å². The third kappa shape index (κ3) is 4.93. The number of carbonyl (C=O) groups excluding carboxylic acids is 2. The number of nitrogens with zero attached hydrogens (tertiary/aromatic N) is 8. The van der Waals surface area contributed by atoms with E-state index in [1.807, 2.05) is 34.2 Å². The molecule has 0 saturated carbocycles. The van der Waals surface area contributed by atoms with Crippen molar-refractivity contribution >= 4 is 28.8 Å². The molecular formula is C24H27N9O2. The summed E-state index contributed by atoms with van der Waals surface area (Å²) in [6.45, 7) is 5.52. The highest BCUT2D eigenvalue weighted by Gasteiger charge is 2.28. The van der Waals surface area contributed by atoms with Crippen LogP contribution in [0.1, 0.15) is 22.5 Å². The van der Waals surface area contributed by atoms with Gasteiger partial charge in [0.2, 0.25) is 11.9 Å². The summed E-state index contributed by atoms with van der Waals surface area (Å²) in [4.78, 5) is 43.5. The van der Waals surface area contributed by atoms with Crippen LogP contribution in [0.3, 0.4) is 0 Å². The number of fused-ring (bicyclic) bond motifs is 1. The summed E-state index contributed by atoms with van der Waals surface area (Å²) in [5.74, 6) is 0.608. The normalized spacial score (nSPS) is 18.7. The Labute approximate surface area is 202 Å². The number of nitrogens with two attached hydrogens (primary N) is 1. The van der Waals surface area contributed by atoms with E-state index >= 15 is 0 Å². The quantitative estimate of drug-likeness (QED) is 0.545. The number of likely N-dealkylation sites (tertiary alicyclic amines) is 1. The van der Waals surface area contributed by atoms with Gasteiger partial charge < -0.3 is 20.1 Å². The van der Waals surface area contributed by atoms with Crippen molar-refractivity contribution in [1.82, 2.24) is 29.3 Å². The Morgan fingerprint density at radius 3 is 2.57 bits per heavy atom. The minimum Gasteiger partial charge on any atom is -0.364 e. The van der Waals surface area contributed by atoms with Gasteiger partial charge in [-0.2, -0.15) is 5.26 Å². The number of aromatic nitrogens is 4. The monoisotopic (exact) mass is 473 g/mol. The molecule has 0 radical (unpaired) electrons. The molecule has 2 amide bonds. The SMILES string of the molecule is N#Cc1cnc(N2CCN(C(=O)CN3CCC(Cn4ccc5ccc(C(N)=O)nc54)C3)CC2)nc1. The molecule has 35 heavy (non-hydrogen) atoms. The first-order valence-electron chi connectivity index (χ1n) is 11.7. The van der Waals surface area contributed by atoms with E-state index < -0.39 is 5.91 Å². The summed E-state index contributed by atoms with van der Waals surface area (Å²) in [5, 5.41) is 9.87. The van der Waals surface area contributed by atoms with Gasteiger partial charge in [-0.3, -0.25) is 14.5 Å². The smallest absolute Gasteiger partial charge is 0.267 e. The van der Waals surface area contributed by atoms with E-state index in [4.69, 9.17) is 11.0 Å². The molecule has 2 N–H and O–H groups in total. The number of piperazine rings is 1. The fourth-order valence-corrected chi connectivity index (χ4v) is 4.82. The van der Waals surface area contributed by atoms with Crippen molar-refractivity contribution in [1.29, 1.82) is 5.26 Å². The predicted octanol–water partition coefficient (Wildman–Crippen LogP) is 0.468. The molecule has 2 aliphatic heterocycles. The Bertz CT molecular complexity index is 1270. The lowest BCUT2D eigenvalue weighted by molar-refractivity contribution is -0.132. The lowest BCUT2D eigenvalue weighted by Crippen LogP contribution is -2.51. The van der Waals surface area contributed by atoms with Gasteiger partial charge in [-0.1, -0.05) is 0 Å². The molecule has 0 aliphatic carbocycles. The Morgan fingerprint density at radius 2 is 1.86 bits per heavy atom. The Balaban J connectivity index is 1.12. The standard InChI is InChI=1S/C24H27N9O2/c25-11-18-12-27-24(28-13-18)32-9-7-31(8-10-32)21(34)16-30-5-3-17(14-30)15-33-6-4-19-1-2-20(22(26)35)29-23(19)33/h1-2,4,6,12-13,17H,3,5,7-10,14-16H2,(H2,26,35). The molecule has 3 aromatic heterocycles. The molecule has 1 unspecified atom stereocenters. The van der Waals surface area contributed by atoms with Crippen molar-refractivity contribution < 1.29 is 9.59 Å². The van der Waals surface area contributed by atoms with Crippen LogP contribution < -0.4 is 10.6 Å². The first-order chi connectivity index (χ1) is 17.0. The summed E-state index contributed by atoms with van der Waals surface area (Å²) in [5.41, 5.74) is 6.85. The zero-order valence-corrected chi connectivity index (χ0v) is 19.4. The molecule has 5 heterocycles. The zero-order valence-electron chi connectivity index (χ0n) is 19.4. The fraction of sp³-hybridized carbons (Fsp3) is 0.417. The average molecular weight is 474 g/mol. The van der Waals surface area contributed by atoms with E-state index in [9.17, 15) is 9.59 Å². The molecule has 11 heteroatoms. The summed E-state index contributed by atoms with van der Waals surface area (Å²) in [6, 6.07) is 7.53. The van der Waals surface area contributed by atoms with E-state index in [0.29, 0.717) is 50.2 Å². The minimum absolute atomic E-state index is 0.144. The van der Waals surface area contributed by atoms with Gasteiger partial charge in [0.05, 0.1) is 24.5 Å². The lowest BCUT2D eigenvalue weighted by Gasteiger charge is -2.35. The van der Waals surface area contributed by atoms with Crippen LogP contribution in [0.25, 0.3) is 11.0 Å². The number of nitriles is 1. The molecule has 2 aliphatic rings. The first kappa shape index (κ1) is 22.7. The molecular weight excluding hydrogens is 446 g/mol. The number of primary amides is 1. The number of rotatable bonds is 6. The van der Waals surface area contributed by atoms with Gasteiger partial charge in [0.15, 0.2) is 0 Å². The van der Waals surface area contributed by atoms with Crippen molar-refractivity contribution in [3.8, 4) is 6.07 Å². The van der Waals surface area contributed by atoms with Crippen molar-refractivity contribution in [2.24, 2.45) is 11.7 Å². The van der Waals surface area contributed by atoms with Crippen LogP contribution in [0.2, 0.25) is 0 Å². The molecule has 0 bridgehead atoms. The van der Waals surface area contributed by atoms with E-state index in [1.165, 1.54) is 12.4 Å². The second-order valence-electron chi connectivity index (χ2n) is 9.08. The third-order valence-electron chi connectivity index (χ3n) is 6.73. The van der Waals surface area contributed by atoms with Gasteiger partial charge in [0.25, 0.3) is 5.91 Å². The Morgan fingerprint density at radius 1 is 1.09 bits per heavy atom. The van der Waals surface area contributed by atoms with Gasteiger partial charge in [0.1, 0.15) is 17.4 Å². The van der Waals surface area contributed by atoms with Crippen molar-refractivity contribution in [2.75, 3.05) is 50.7 Å². The molecule has 0 spiro atoms. The molecule has 2 fully saturated rings. The zero-order chi connectivity index (χ0) is 24.4. The summed E-state index contributed by atoms with van der Waals surface area (Å²) in [6.07, 6.45) is 6.04. The molecule has 3 aromatic rings. The second-order valence-corrected chi connectivity index (χ2v) is 9.08. The van der Waals surface area contributed by atoms with Gasteiger partial charge in [0, 0.05) is 50.9 Å². The predicted molar refractivity (Wildman–Crippen MR) is 128 cm³/mol. The maximum absolute atomic E-state index is 12.9. The number of carbonyl (C=O) groups is 2. The fourth-order valence-electron chi connectivity index (χ4n) is 4.82. The van der Waals surface area contributed by atoms with Gasteiger partial charge in [-0.25, -0.2) is 15.0 Å². The highest BCUT2D eigenvalue weighted by atomic mass is 16.2. The highest BCUT2D eigenvalue weighted by molar-refractivity contribution is 5.93. The van der Waals surface area contributed by atoms with E-state index in [-0.39, 0.29) is 11.6 Å². The van der Waals surface area contributed by atoms with Crippen LogP contribution in [0.4, 0.5) is 5.95 Å². The summed E-state index contributed by atoms with van der Waals surface area (Å²) in [7, 11) is 0. The minimum atomic E-state index is -0.532.